The van der Waals surface area contributed by atoms with E-state index in [4.69, 9.17) is 10.8 Å². The monoisotopic (exact) mass is 264 g/mol. The normalized spacial score (nSPS) is 17.7. The maximum absolute atomic E-state index is 5.86. The van der Waals surface area contributed by atoms with E-state index < -0.39 is 0 Å². The molecule has 1 unspecified atom stereocenters. The SMILES string of the molecule is Nc1ccc2c3n(nc2c1)C(c1ccccc1)CCN3. The highest BCUT2D eigenvalue weighted by Crippen LogP contribution is 2.34. The van der Waals surface area contributed by atoms with Crippen molar-refractivity contribution < 1.29 is 0 Å². The second-order valence-electron chi connectivity index (χ2n) is 5.21. The molecule has 4 rings (SSSR count). The van der Waals surface area contributed by atoms with Crippen LogP contribution in [-0.2, 0) is 0 Å². The molecule has 2 heterocycles. The lowest BCUT2D eigenvalue weighted by atomic mass is 10.0. The molecular weight excluding hydrogens is 248 g/mol. The largest absolute Gasteiger partial charge is 0.399 e. The fourth-order valence-electron chi connectivity index (χ4n) is 2.96. The molecule has 100 valence electrons. The average Bonchev–Trinajstić information content (AvgIpc) is 2.85. The number of anilines is 2. The van der Waals surface area contributed by atoms with Gasteiger partial charge in [0.05, 0.1) is 11.6 Å². The summed E-state index contributed by atoms with van der Waals surface area (Å²) in [4.78, 5) is 0. The van der Waals surface area contributed by atoms with Crippen molar-refractivity contribution in [3.63, 3.8) is 0 Å². The van der Waals surface area contributed by atoms with E-state index in [2.05, 4.69) is 34.3 Å². The molecule has 1 atom stereocenters. The van der Waals surface area contributed by atoms with Gasteiger partial charge >= 0.3 is 0 Å². The zero-order valence-corrected chi connectivity index (χ0v) is 11.1. The number of benzene rings is 2. The van der Waals surface area contributed by atoms with Crippen LogP contribution in [0.4, 0.5) is 11.5 Å². The van der Waals surface area contributed by atoms with E-state index in [0.717, 1.165) is 35.4 Å². The minimum absolute atomic E-state index is 0.293. The Hall–Kier alpha value is -2.49. The second-order valence-corrected chi connectivity index (χ2v) is 5.21. The van der Waals surface area contributed by atoms with E-state index >= 15 is 0 Å². The van der Waals surface area contributed by atoms with E-state index in [1.54, 1.807) is 0 Å². The van der Waals surface area contributed by atoms with Crippen LogP contribution in [0.2, 0.25) is 0 Å². The molecule has 0 spiro atoms. The predicted molar refractivity (Wildman–Crippen MR) is 81.8 cm³/mol. The van der Waals surface area contributed by atoms with Crippen molar-refractivity contribution in [3.8, 4) is 0 Å². The van der Waals surface area contributed by atoms with Crippen LogP contribution in [-0.4, -0.2) is 16.3 Å². The molecule has 20 heavy (non-hydrogen) atoms. The van der Waals surface area contributed by atoms with Gasteiger partial charge < -0.3 is 11.1 Å². The van der Waals surface area contributed by atoms with Crippen LogP contribution in [0.25, 0.3) is 10.9 Å². The Kier molecular flexibility index (Phi) is 2.42. The number of fused-ring (bicyclic) bond motifs is 3. The molecule has 0 amide bonds. The van der Waals surface area contributed by atoms with Crippen LogP contribution >= 0.6 is 0 Å². The molecule has 0 radical (unpaired) electrons. The molecule has 0 bridgehead atoms. The molecule has 1 aliphatic rings. The Labute approximate surface area is 117 Å². The van der Waals surface area contributed by atoms with Gasteiger partial charge in [0.1, 0.15) is 5.82 Å². The number of nitrogen functional groups attached to an aromatic ring is 1. The number of hydrogen-bond acceptors (Lipinski definition) is 3. The lowest BCUT2D eigenvalue weighted by Gasteiger charge is -2.26. The third-order valence-electron chi connectivity index (χ3n) is 3.91. The summed E-state index contributed by atoms with van der Waals surface area (Å²) in [6, 6.07) is 16.7. The van der Waals surface area contributed by atoms with E-state index in [9.17, 15) is 0 Å². The Bertz CT molecular complexity index is 761. The first-order valence-corrected chi connectivity index (χ1v) is 6.89. The van der Waals surface area contributed by atoms with E-state index in [-0.39, 0.29) is 0 Å². The van der Waals surface area contributed by atoms with Crippen LogP contribution in [0.3, 0.4) is 0 Å². The highest BCUT2D eigenvalue weighted by Gasteiger charge is 2.24. The summed E-state index contributed by atoms with van der Waals surface area (Å²) in [6.45, 7) is 0.963. The average molecular weight is 264 g/mol. The molecule has 0 saturated carbocycles. The molecule has 0 aliphatic carbocycles. The Morgan fingerprint density at radius 3 is 2.85 bits per heavy atom. The molecule has 0 fully saturated rings. The zero-order valence-electron chi connectivity index (χ0n) is 11.1. The Morgan fingerprint density at radius 1 is 1.15 bits per heavy atom. The molecule has 0 saturated heterocycles. The Morgan fingerprint density at radius 2 is 2.00 bits per heavy atom. The fraction of sp³-hybridized carbons (Fsp3) is 0.188. The minimum Gasteiger partial charge on any atom is -0.399 e. The lowest BCUT2D eigenvalue weighted by molar-refractivity contribution is 0.486. The van der Waals surface area contributed by atoms with Crippen molar-refractivity contribution in [2.75, 3.05) is 17.6 Å². The van der Waals surface area contributed by atoms with E-state index in [1.807, 2.05) is 24.3 Å². The number of nitrogens with zero attached hydrogens (tertiary/aromatic N) is 2. The van der Waals surface area contributed by atoms with Crippen LogP contribution in [0.5, 0.6) is 0 Å². The summed E-state index contributed by atoms with van der Waals surface area (Å²) in [6.07, 6.45) is 1.04. The van der Waals surface area contributed by atoms with E-state index in [1.165, 1.54) is 5.56 Å². The minimum atomic E-state index is 0.293. The van der Waals surface area contributed by atoms with Gasteiger partial charge in [0.25, 0.3) is 0 Å². The number of rotatable bonds is 1. The van der Waals surface area contributed by atoms with Gasteiger partial charge in [-0.2, -0.15) is 5.10 Å². The van der Waals surface area contributed by atoms with Gasteiger partial charge in [-0.1, -0.05) is 30.3 Å². The predicted octanol–water partition coefficient (Wildman–Crippen LogP) is 3.02. The van der Waals surface area contributed by atoms with Crippen molar-refractivity contribution in [2.24, 2.45) is 0 Å². The molecule has 4 nitrogen and oxygen atoms in total. The molecular formula is C16H16N4. The first-order chi connectivity index (χ1) is 9.83. The van der Waals surface area contributed by atoms with Gasteiger partial charge in [-0.05, 0) is 30.2 Å². The van der Waals surface area contributed by atoms with Gasteiger partial charge in [-0.25, -0.2) is 4.68 Å². The summed E-state index contributed by atoms with van der Waals surface area (Å²) < 4.78 is 2.10. The van der Waals surface area contributed by atoms with Crippen molar-refractivity contribution >= 4 is 22.4 Å². The summed E-state index contributed by atoms with van der Waals surface area (Å²) in [7, 11) is 0. The van der Waals surface area contributed by atoms with Crippen molar-refractivity contribution in [2.45, 2.75) is 12.5 Å². The number of nitrogens with two attached hydrogens (primary N) is 1. The quantitative estimate of drug-likeness (QED) is 0.664. The standard InChI is InChI=1S/C16H16N4/c17-12-6-7-13-14(10-12)19-20-15(8-9-18-16(13)20)11-4-2-1-3-5-11/h1-7,10,15,18H,8-9,17H2. The molecule has 4 heteroatoms. The van der Waals surface area contributed by atoms with Gasteiger partial charge in [-0.15, -0.1) is 0 Å². The fourth-order valence-corrected chi connectivity index (χ4v) is 2.96. The number of nitrogens with one attached hydrogen (secondary N) is 1. The number of hydrogen-bond donors (Lipinski definition) is 2. The van der Waals surface area contributed by atoms with Crippen LogP contribution < -0.4 is 11.1 Å². The van der Waals surface area contributed by atoms with Crippen LogP contribution in [0, 0.1) is 0 Å². The second kappa shape index (κ2) is 4.27. The highest BCUT2D eigenvalue weighted by molar-refractivity contribution is 5.92. The Balaban J connectivity index is 1.91. The molecule has 3 N–H and O–H groups in total. The van der Waals surface area contributed by atoms with Crippen LogP contribution in [0.15, 0.2) is 48.5 Å². The van der Waals surface area contributed by atoms with Gasteiger partial charge in [-0.3, -0.25) is 0 Å². The summed E-state index contributed by atoms with van der Waals surface area (Å²) in [5, 5.41) is 9.35. The summed E-state index contributed by atoms with van der Waals surface area (Å²) >= 11 is 0. The third kappa shape index (κ3) is 1.65. The topological polar surface area (TPSA) is 55.9 Å². The van der Waals surface area contributed by atoms with Crippen LogP contribution in [0.1, 0.15) is 18.0 Å². The highest BCUT2D eigenvalue weighted by atomic mass is 15.4. The van der Waals surface area contributed by atoms with Gasteiger partial charge in [0, 0.05) is 17.6 Å². The molecule has 1 aromatic heterocycles. The smallest absolute Gasteiger partial charge is 0.132 e. The van der Waals surface area contributed by atoms with Crippen molar-refractivity contribution in [1.29, 1.82) is 0 Å². The lowest BCUT2D eigenvalue weighted by Crippen LogP contribution is -2.24. The summed E-state index contributed by atoms with van der Waals surface area (Å²) in [5.74, 6) is 1.10. The molecule has 2 aromatic carbocycles. The van der Waals surface area contributed by atoms with Crippen molar-refractivity contribution in [1.82, 2.24) is 9.78 Å². The molecule has 1 aliphatic heterocycles. The van der Waals surface area contributed by atoms with Gasteiger partial charge in [0.2, 0.25) is 0 Å². The maximum atomic E-state index is 5.86. The number of aromatic nitrogens is 2. The summed E-state index contributed by atoms with van der Waals surface area (Å²) in [5.41, 5.74) is 8.87. The van der Waals surface area contributed by atoms with Crippen molar-refractivity contribution in [3.05, 3.63) is 54.1 Å². The third-order valence-corrected chi connectivity index (χ3v) is 3.91. The first kappa shape index (κ1) is 11.3. The molecule has 3 aromatic rings. The zero-order chi connectivity index (χ0) is 13.5. The van der Waals surface area contributed by atoms with Gasteiger partial charge in [0.15, 0.2) is 0 Å². The first-order valence-electron chi connectivity index (χ1n) is 6.89. The maximum Gasteiger partial charge on any atom is 0.132 e. The van der Waals surface area contributed by atoms with E-state index in [0.29, 0.717) is 6.04 Å².